The van der Waals surface area contributed by atoms with Gasteiger partial charge in [-0.05, 0) is 61.9 Å². The van der Waals surface area contributed by atoms with Crippen molar-refractivity contribution in [3.8, 4) is 5.75 Å². The highest BCUT2D eigenvalue weighted by atomic mass is 32.2. The number of carbonyl (C=O) groups is 1. The molecule has 1 amide bonds. The van der Waals surface area contributed by atoms with Crippen molar-refractivity contribution < 1.29 is 17.9 Å². The molecule has 30 heavy (non-hydrogen) atoms. The number of carbonyl (C=O) groups excluding carboxylic acids is 1. The number of nitrogens with zero attached hydrogens (tertiary/aromatic N) is 2. The van der Waals surface area contributed by atoms with Gasteiger partial charge in [0.25, 0.3) is 0 Å². The number of ether oxygens (including phenoxy) is 1. The van der Waals surface area contributed by atoms with E-state index in [1.54, 1.807) is 16.4 Å². The van der Waals surface area contributed by atoms with Crippen LogP contribution in [0, 0.1) is 0 Å². The molecule has 1 atom stereocenters. The summed E-state index contributed by atoms with van der Waals surface area (Å²) in [6, 6.07) is 13.0. The smallest absolute Gasteiger partial charge is 0.243 e. The van der Waals surface area contributed by atoms with Crippen molar-refractivity contribution >= 4 is 21.6 Å². The Morgan fingerprint density at radius 2 is 1.80 bits per heavy atom. The summed E-state index contributed by atoms with van der Waals surface area (Å²) in [5, 5.41) is 0. The van der Waals surface area contributed by atoms with Gasteiger partial charge in [0.05, 0.1) is 17.4 Å². The zero-order valence-electron chi connectivity index (χ0n) is 16.9. The fourth-order valence-electron chi connectivity index (χ4n) is 4.83. The third kappa shape index (κ3) is 3.30. The summed E-state index contributed by atoms with van der Waals surface area (Å²) < 4.78 is 33.2. The number of hydrogen-bond donors (Lipinski definition) is 0. The number of hydrogen-bond acceptors (Lipinski definition) is 4. The summed E-state index contributed by atoms with van der Waals surface area (Å²) in [7, 11) is -3.46. The van der Waals surface area contributed by atoms with Gasteiger partial charge in [-0.25, -0.2) is 8.42 Å². The molecule has 5 rings (SSSR count). The van der Waals surface area contributed by atoms with Crippen LogP contribution in [0.5, 0.6) is 5.75 Å². The van der Waals surface area contributed by atoms with Crippen molar-refractivity contribution in [2.24, 2.45) is 0 Å². The van der Waals surface area contributed by atoms with Crippen LogP contribution in [0.2, 0.25) is 0 Å². The molecule has 1 saturated heterocycles. The number of aryl methyl sites for hydroxylation is 1. The van der Waals surface area contributed by atoms with Gasteiger partial charge < -0.3 is 9.64 Å². The molecule has 0 aromatic heterocycles. The average Bonchev–Trinajstić information content (AvgIpc) is 3.33. The van der Waals surface area contributed by atoms with Gasteiger partial charge in [-0.3, -0.25) is 4.79 Å². The maximum absolute atomic E-state index is 13.5. The lowest BCUT2D eigenvalue weighted by atomic mass is 9.90. The van der Waals surface area contributed by atoms with Crippen molar-refractivity contribution in [1.29, 1.82) is 0 Å². The van der Waals surface area contributed by atoms with Gasteiger partial charge in [-0.1, -0.05) is 18.2 Å². The van der Waals surface area contributed by atoms with E-state index in [1.807, 2.05) is 35.2 Å². The number of benzene rings is 2. The molecule has 1 unspecified atom stereocenters. The lowest BCUT2D eigenvalue weighted by Crippen LogP contribution is -2.40. The fourth-order valence-corrected chi connectivity index (χ4v) is 6.40. The van der Waals surface area contributed by atoms with Gasteiger partial charge >= 0.3 is 0 Å². The van der Waals surface area contributed by atoms with E-state index >= 15 is 0 Å². The van der Waals surface area contributed by atoms with Gasteiger partial charge in [-0.15, -0.1) is 0 Å². The first-order valence-corrected chi connectivity index (χ1v) is 12.2. The summed E-state index contributed by atoms with van der Waals surface area (Å²) in [6.45, 7) is 2.37. The molecule has 1 fully saturated rings. The van der Waals surface area contributed by atoms with Crippen LogP contribution < -0.4 is 9.64 Å². The van der Waals surface area contributed by atoms with Gasteiger partial charge in [0.1, 0.15) is 5.75 Å². The molecule has 6 nitrogen and oxygen atoms in total. The third-order valence-electron chi connectivity index (χ3n) is 6.40. The molecule has 2 aromatic rings. The van der Waals surface area contributed by atoms with E-state index in [-0.39, 0.29) is 11.8 Å². The van der Waals surface area contributed by atoms with Gasteiger partial charge in [0.15, 0.2) is 0 Å². The van der Waals surface area contributed by atoms with Crippen LogP contribution in [0.25, 0.3) is 0 Å². The average molecular weight is 427 g/mol. The molecule has 3 aliphatic rings. The third-order valence-corrected chi connectivity index (χ3v) is 8.29. The first kappa shape index (κ1) is 19.6. The summed E-state index contributed by atoms with van der Waals surface area (Å²) in [4.78, 5) is 15.7. The second kappa shape index (κ2) is 7.71. The lowest BCUT2D eigenvalue weighted by molar-refractivity contribution is -0.120. The molecule has 0 aliphatic carbocycles. The molecule has 0 radical (unpaired) electrons. The van der Waals surface area contributed by atoms with Crippen molar-refractivity contribution in [3.63, 3.8) is 0 Å². The SMILES string of the molecule is O=C(C1CCOc2ccccc21)N1CCCc2cc(S(=O)(=O)N3CCCC3)ccc21. The molecular formula is C23H26N2O4S. The molecule has 3 aliphatic heterocycles. The van der Waals surface area contributed by atoms with Crippen molar-refractivity contribution in [1.82, 2.24) is 4.31 Å². The predicted molar refractivity (Wildman–Crippen MR) is 114 cm³/mol. The van der Waals surface area contributed by atoms with Crippen molar-refractivity contribution in [2.45, 2.75) is 42.9 Å². The Balaban J connectivity index is 1.46. The molecule has 0 bridgehead atoms. The van der Waals surface area contributed by atoms with Crippen LogP contribution in [-0.4, -0.2) is 44.9 Å². The van der Waals surface area contributed by atoms with Crippen molar-refractivity contribution in [2.75, 3.05) is 31.1 Å². The minimum atomic E-state index is -3.46. The zero-order valence-corrected chi connectivity index (χ0v) is 17.7. The van der Waals surface area contributed by atoms with E-state index in [0.29, 0.717) is 37.6 Å². The number of amides is 1. The van der Waals surface area contributed by atoms with E-state index in [0.717, 1.165) is 48.2 Å². The first-order valence-electron chi connectivity index (χ1n) is 10.7. The van der Waals surface area contributed by atoms with E-state index in [1.165, 1.54) is 0 Å². The van der Waals surface area contributed by atoms with Crippen LogP contribution in [0.3, 0.4) is 0 Å². The topological polar surface area (TPSA) is 66.9 Å². The van der Waals surface area contributed by atoms with E-state index < -0.39 is 10.0 Å². The van der Waals surface area contributed by atoms with E-state index in [2.05, 4.69) is 0 Å². The molecule has 3 heterocycles. The molecule has 0 spiro atoms. The summed E-state index contributed by atoms with van der Waals surface area (Å²) >= 11 is 0. The standard InChI is InChI=1S/C23H26N2O4S/c26-23(20-11-15-29-22-8-2-1-7-19(20)22)25-14-5-6-17-16-18(9-10-21(17)25)30(27,28)24-12-3-4-13-24/h1-2,7-10,16,20H,3-6,11-15H2. The Labute approximate surface area is 177 Å². The van der Waals surface area contributed by atoms with E-state index in [9.17, 15) is 13.2 Å². The molecule has 2 aromatic carbocycles. The normalized spacial score (nSPS) is 21.6. The number of rotatable bonds is 3. The Morgan fingerprint density at radius 3 is 2.63 bits per heavy atom. The predicted octanol–water partition coefficient (Wildman–Crippen LogP) is 3.32. The number of sulfonamides is 1. The molecule has 0 saturated carbocycles. The van der Waals surface area contributed by atoms with E-state index in [4.69, 9.17) is 4.74 Å². The second-order valence-corrected chi connectivity index (χ2v) is 10.2. The fraction of sp³-hybridized carbons (Fsp3) is 0.435. The zero-order chi connectivity index (χ0) is 20.7. The van der Waals surface area contributed by atoms with Gasteiger partial charge in [0.2, 0.25) is 15.9 Å². The Bertz CT molecular complexity index is 1080. The molecular weight excluding hydrogens is 400 g/mol. The highest BCUT2D eigenvalue weighted by Gasteiger charge is 2.34. The maximum Gasteiger partial charge on any atom is 0.243 e. The minimum Gasteiger partial charge on any atom is -0.493 e. The van der Waals surface area contributed by atoms with Crippen LogP contribution in [0.4, 0.5) is 5.69 Å². The lowest BCUT2D eigenvalue weighted by Gasteiger charge is -2.34. The quantitative estimate of drug-likeness (QED) is 0.755. The minimum absolute atomic E-state index is 0.0712. The van der Waals surface area contributed by atoms with Gasteiger partial charge in [0, 0.05) is 30.9 Å². The molecule has 0 N–H and O–H groups in total. The van der Waals surface area contributed by atoms with Gasteiger partial charge in [-0.2, -0.15) is 4.31 Å². The molecule has 7 heteroatoms. The largest absolute Gasteiger partial charge is 0.493 e. The summed E-state index contributed by atoms with van der Waals surface area (Å²) in [6.07, 6.45) is 4.10. The number of anilines is 1. The van der Waals surface area contributed by atoms with Crippen LogP contribution in [0.1, 0.15) is 42.7 Å². The first-order chi connectivity index (χ1) is 14.6. The summed E-state index contributed by atoms with van der Waals surface area (Å²) in [5.74, 6) is 0.627. The van der Waals surface area contributed by atoms with Crippen LogP contribution in [-0.2, 0) is 21.2 Å². The Hall–Kier alpha value is -2.38. The Kier molecular flexibility index (Phi) is 5.03. The monoisotopic (exact) mass is 426 g/mol. The second-order valence-electron chi connectivity index (χ2n) is 8.22. The van der Waals surface area contributed by atoms with Crippen LogP contribution in [0.15, 0.2) is 47.4 Å². The van der Waals surface area contributed by atoms with Crippen LogP contribution >= 0.6 is 0 Å². The van der Waals surface area contributed by atoms with Crippen molar-refractivity contribution in [3.05, 3.63) is 53.6 Å². The number of fused-ring (bicyclic) bond motifs is 2. The summed E-state index contributed by atoms with van der Waals surface area (Å²) in [5.41, 5.74) is 2.72. The highest BCUT2D eigenvalue weighted by molar-refractivity contribution is 7.89. The molecule has 158 valence electrons. The highest BCUT2D eigenvalue weighted by Crippen LogP contribution is 2.38. The maximum atomic E-state index is 13.5. The number of para-hydroxylation sites is 1. The Morgan fingerprint density at radius 1 is 1.00 bits per heavy atom.